The minimum absolute atomic E-state index is 0.240. The van der Waals surface area contributed by atoms with Gasteiger partial charge in [0.15, 0.2) is 0 Å². The van der Waals surface area contributed by atoms with Gasteiger partial charge in [-0.15, -0.1) is 0 Å². The average molecular weight is 431 g/mol. The fourth-order valence-electron chi connectivity index (χ4n) is 3.04. The standard InChI is InChI=1S/C27H30N2O3/c1-3-21(2)23-12-16-26(17-13-23)32-19-7-18-31-25-14-10-22(11-15-25)20-28-29-27(30)24-8-5-4-6-9-24/h4-6,8-17,20-21H,3,7,18-19H2,1-2H3,(H,29,30)/b28-20-/t21-/m0/s1. The SMILES string of the molecule is CC[C@H](C)c1ccc(OCCCOc2ccc(/C=N\NC(=O)c3ccccc3)cc2)cc1. The number of hydrogen-bond donors (Lipinski definition) is 1. The number of ether oxygens (including phenoxy) is 2. The first-order valence-corrected chi connectivity index (χ1v) is 11.0. The Kier molecular flexibility index (Phi) is 8.87. The quantitative estimate of drug-likeness (QED) is 0.237. The van der Waals surface area contributed by atoms with Gasteiger partial charge in [-0.25, -0.2) is 5.43 Å². The van der Waals surface area contributed by atoms with E-state index >= 15 is 0 Å². The summed E-state index contributed by atoms with van der Waals surface area (Å²) in [5, 5.41) is 4.00. The lowest BCUT2D eigenvalue weighted by atomic mass is 9.99. The van der Waals surface area contributed by atoms with Gasteiger partial charge >= 0.3 is 0 Å². The molecule has 0 unspecified atom stereocenters. The topological polar surface area (TPSA) is 59.9 Å². The van der Waals surface area contributed by atoms with Crippen LogP contribution in [0.15, 0.2) is 84.0 Å². The first-order chi connectivity index (χ1) is 15.7. The second-order valence-electron chi connectivity index (χ2n) is 7.56. The summed E-state index contributed by atoms with van der Waals surface area (Å²) in [6.45, 7) is 5.61. The van der Waals surface area contributed by atoms with Crippen molar-refractivity contribution >= 4 is 12.1 Å². The Bertz CT molecular complexity index is 984. The van der Waals surface area contributed by atoms with Crippen molar-refractivity contribution in [3.63, 3.8) is 0 Å². The molecule has 0 saturated carbocycles. The first-order valence-electron chi connectivity index (χ1n) is 11.0. The minimum atomic E-state index is -0.240. The summed E-state index contributed by atoms with van der Waals surface area (Å²) in [6, 6.07) is 24.9. The molecule has 1 atom stereocenters. The maximum Gasteiger partial charge on any atom is 0.271 e. The van der Waals surface area contributed by atoms with Crippen LogP contribution in [0, 0.1) is 0 Å². The highest BCUT2D eigenvalue weighted by atomic mass is 16.5. The number of rotatable bonds is 11. The summed E-state index contributed by atoms with van der Waals surface area (Å²) in [5.41, 5.74) is 5.30. The van der Waals surface area contributed by atoms with E-state index < -0.39 is 0 Å². The lowest BCUT2D eigenvalue weighted by Crippen LogP contribution is -2.17. The van der Waals surface area contributed by atoms with E-state index in [-0.39, 0.29) is 5.91 Å². The average Bonchev–Trinajstić information content (AvgIpc) is 2.85. The molecule has 0 aliphatic carbocycles. The van der Waals surface area contributed by atoms with Gasteiger partial charge in [0.05, 0.1) is 19.4 Å². The van der Waals surface area contributed by atoms with E-state index in [0.717, 1.165) is 29.9 Å². The Morgan fingerprint density at radius 1 is 0.906 bits per heavy atom. The van der Waals surface area contributed by atoms with Crippen LogP contribution in [0.1, 0.15) is 54.1 Å². The van der Waals surface area contributed by atoms with Crippen LogP contribution >= 0.6 is 0 Å². The Morgan fingerprint density at radius 2 is 1.50 bits per heavy atom. The van der Waals surface area contributed by atoms with Gasteiger partial charge in [0.25, 0.3) is 5.91 Å². The number of hydrazone groups is 1. The normalized spacial score (nSPS) is 11.8. The molecule has 0 aromatic heterocycles. The zero-order valence-electron chi connectivity index (χ0n) is 18.7. The first kappa shape index (κ1) is 23.1. The Balaban J connectivity index is 1.34. The van der Waals surface area contributed by atoms with E-state index in [1.165, 1.54) is 5.56 Å². The monoisotopic (exact) mass is 430 g/mol. The predicted octanol–water partition coefficient (Wildman–Crippen LogP) is 5.81. The number of benzene rings is 3. The molecule has 5 nitrogen and oxygen atoms in total. The van der Waals surface area contributed by atoms with E-state index in [9.17, 15) is 4.79 Å². The van der Waals surface area contributed by atoms with Crippen molar-refractivity contribution in [1.82, 2.24) is 5.43 Å². The zero-order valence-corrected chi connectivity index (χ0v) is 18.7. The minimum Gasteiger partial charge on any atom is -0.493 e. The second-order valence-corrected chi connectivity index (χ2v) is 7.56. The number of carbonyl (C=O) groups is 1. The molecule has 0 fully saturated rings. The predicted molar refractivity (Wildman–Crippen MR) is 129 cm³/mol. The van der Waals surface area contributed by atoms with E-state index in [2.05, 4.69) is 36.5 Å². The highest BCUT2D eigenvalue weighted by Crippen LogP contribution is 2.21. The lowest BCUT2D eigenvalue weighted by Gasteiger charge is -2.11. The molecule has 1 amide bonds. The van der Waals surface area contributed by atoms with Gasteiger partial charge in [-0.05, 0) is 72.0 Å². The molecule has 0 aliphatic rings. The van der Waals surface area contributed by atoms with Gasteiger partial charge in [-0.2, -0.15) is 5.10 Å². The molecule has 0 heterocycles. The van der Waals surface area contributed by atoms with Crippen LogP contribution < -0.4 is 14.9 Å². The van der Waals surface area contributed by atoms with Gasteiger partial charge in [0, 0.05) is 12.0 Å². The molecule has 0 bridgehead atoms. The molecule has 0 spiro atoms. The third-order valence-corrected chi connectivity index (χ3v) is 5.18. The van der Waals surface area contributed by atoms with Crippen molar-refractivity contribution in [1.29, 1.82) is 0 Å². The van der Waals surface area contributed by atoms with Crippen molar-refractivity contribution in [2.45, 2.75) is 32.6 Å². The highest BCUT2D eigenvalue weighted by Gasteiger charge is 2.03. The van der Waals surface area contributed by atoms with Gasteiger partial charge in [-0.1, -0.05) is 44.2 Å². The molecule has 0 aliphatic heterocycles. The van der Waals surface area contributed by atoms with Crippen LogP contribution in [-0.4, -0.2) is 25.3 Å². The summed E-state index contributed by atoms with van der Waals surface area (Å²) in [6.07, 6.45) is 3.53. The number of amides is 1. The van der Waals surface area contributed by atoms with Crippen molar-refractivity contribution in [2.24, 2.45) is 5.10 Å². The molecule has 3 rings (SSSR count). The van der Waals surface area contributed by atoms with Crippen LogP contribution in [0.4, 0.5) is 0 Å². The van der Waals surface area contributed by atoms with E-state index in [1.54, 1.807) is 18.3 Å². The van der Waals surface area contributed by atoms with Gasteiger partial charge in [0.1, 0.15) is 11.5 Å². The number of carbonyl (C=O) groups excluding carboxylic acids is 1. The summed E-state index contributed by atoms with van der Waals surface area (Å²) >= 11 is 0. The maximum absolute atomic E-state index is 12.0. The zero-order chi connectivity index (χ0) is 22.6. The van der Waals surface area contributed by atoms with Gasteiger partial charge < -0.3 is 9.47 Å². The Hall–Kier alpha value is -3.60. The fraction of sp³-hybridized carbons (Fsp3) is 0.259. The summed E-state index contributed by atoms with van der Waals surface area (Å²) in [4.78, 5) is 12.0. The third kappa shape index (κ3) is 7.27. The molecule has 0 saturated heterocycles. The molecule has 0 radical (unpaired) electrons. The molecule has 32 heavy (non-hydrogen) atoms. The van der Waals surface area contributed by atoms with E-state index in [1.807, 2.05) is 54.6 Å². The third-order valence-electron chi connectivity index (χ3n) is 5.18. The smallest absolute Gasteiger partial charge is 0.271 e. The molecular formula is C27H30N2O3. The highest BCUT2D eigenvalue weighted by molar-refractivity contribution is 5.94. The summed E-state index contributed by atoms with van der Waals surface area (Å²) in [5.74, 6) is 2.01. The van der Waals surface area contributed by atoms with Crippen LogP contribution in [0.2, 0.25) is 0 Å². The van der Waals surface area contributed by atoms with Gasteiger partial charge in [0.2, 0.25) is 0 Å². The van der Waals surface area contributed by atoms with Crippen molar-refractivity contribution in [3.8, 4) is 11.5 Å². The summed E-state index contributed by atoms with van der Waals surface area (Å²) < 4.78 is 11.6. The molecule has 3 aromatic carbocycles. The van der Waals surface area contributed by atoms with E-state index in [4.69, 9.17) is 9.47 Å². The molecule has 3 aromatic rings. The van der Waals surface area contributed by atoms with Crippen molar-refractivity contribution in [3.05, 3.63) is 95.6 Å². The van der Waals surface area contributed by atoms with Crippen molar-refractivity contribution in [2.75, 3.05) is 13.2 Å². The Labute approximate surface area is 190 Å². The largest absolute Gasteiger partial charge is 0.493 e. The number of hydrogen-bond acceptors (Lipinski definition) is 4. The summed E-state index contributed by atoms with van der Waals surface area (Å²) in [7, 11) is 0. The second kappa shape index (κ2) is 12.3. The molecular weight excluding hydrogens is 400 g/mol. The number of nitrogens with one attached hydrogen (secondary N) is 1. The maximum atomic E-state index is 12.0. The molecule has 166 valence electrons. The lowest BCUT2D eigenvalue weighted by molar-refractivity contribution is 0.0955. The van der Waals surface area contributed by atoms with Crippen LogP contribution in [-0.2, 0) is 0 Å². The van der Waals surface area contributed by atoms with Crippen LogP contribution in [0.25, 0.3) is 0 Å². The Morgan fingerprint density at radius 3 is 2.09 bits per heavy atom. The molecule has 5 heteroatoms. The van der Waals surface area contributed by atoms with Gasteiger partial charge in [-0.3, -0.25) is 4.79 Å². The van der Waals surface area contributed by atoms with E-state index in [0.29, 0.717) is 24.7 Å². The van der Waals surface area contributed by atoms with Crippen LogP contribution in [0.3, 0.4) is 0 Å². The van der Waals surface area contributed by atoms with Crippen molar-refractivity contribution < 1.29 is 14.3 Å². The van der Waals surface area contributed by atoms with Crippen LogP contribution in [0.5, 0.6) is 11.5 Å². The fourth-order valence-corrected chi connectivity index (χ4v) is 3.04. The number of nitrogens with zero attached hydrogens (tertiary/aromatic N) is 1. The molecule has 1 N–H and O–H groups in total.